The number of aryl methyl sites for hydroxylation is 1. The van der Waals surface area contributed by atoms with Gasteiger partial charge in [-0.1, -0.05) is 12.4 Å². The molecule has 1 radical (unpaired) electrons. The van der Waals surface area contributed by atoms with Crippen molar-refractivity contribution in [3.05, 3.63) is 18.3 Å². The first-order chi connectivity index (χ1) is 3.89. The molecule has 0 amide bonds. The Kier molecular flexibility index (Phi) is 10.9. The van der Waals surface area contributed by atoms with Gasteiger partial charge in [-0.25, -0.2) is 0 Å². The van der Waals surface area contributed by atoms with Gasteiger partial charge in [0.2, 0.25) is 0 Å². The van der Waals surface area contributed by atoms with Crippen molar-refractivity contribution < 1.29 is 20.4 Å². The van der Waals surface area contributed by atoms with Crippen molar-refractivity contribution in [2.45, 2.75) is 13.8 Å². The smallest absolute Gasteiger partial charge is 0 e. The van der Waals surface area contributed by atoms with Gasteiger partial charge < -0.3 is 11.9 Å². The Morgan fingerprint density at radius 1 is 1.56 bits per heavy atom. The second-order valence-electron chi connectivity index (χ2n) is 0.933. The van der Waals surface area contributed by atoms with Crippen LogP contribution in [0.15, 0.2) is 0 Å². The van der Waals surface area contributed by atoms with E-state index in [4.69, 9.17) is 0 Å². The van der Waals surface area contributed by atoms with Crippen LogP contribution in [-0.4, -0.2) is 9.36 Å². The number of rotatable bonds is 0. The fraction of sp³-hybridized carbons (Fsp3) is 0.400. The van der Waals surface area contributed by atoms with E-state index >= 15 is 0 Å². The minimum Gasteiger partial charge on any atom is -0.426 e. The van der Waals surface area contributed by atoms with Gasteiger partial charge in [-0.2, -0.15) is 18.5 Å². The second-order valence-corrected chi connectivity index (χ2v) is 1.48. The summed E-state index contributed by atoms with van der Waals surface area (Å²) in [6.45, 7) is 6.84. The van der Waals surface area contributed by atoms with Crippen LogP contribution in [-0.2, 0) is 20.4 Å². The van der Waals surface area contributed by atoms with Crippen molar-refractivity contribution in [3.8, 4) is 0 Å². The van der Waals surface area contributed by atoms with Gasteiger partial charge in [0.1, 0.15) is 0 Å². The first kappa shape index (κ1) is 12.0. The minimum absolute atomic E-state index is 0. The van der Waals surface area contributed by atoms with Gasteiger partial charge in [0.15, 0.2) is 0 Å². The molecule has 4 heteroatoms. The molecule has 1 aromatic heterocycles. The van der Waals surface area contributed by atoms with Crippen LogP contribution in [0.4, 0.5) is 0 Å². The summed E-state index contributed by atoms with van der Waals surface area (Å²) in [5, 5.41) is 0. The van der Waals surface area contributed by atoms with Gasteiger partial charge in [-0.05, 0) is 5.82 Å². The number of nitrogens with zero attached hydrogens (tertiary/aromatic N) is 2. The third kappa shape index (κ3) is 6.10. The second kappa shape index (κ2) is 8.22. The van der Waals surface area contributed by atoms with Crippen molar-refractivity contribution in [2.24, 2.45) is 0 Å². The molecule has 0 aliphatic rings. The van der Waals surface area contributed by atoms with Crippen LogP contribution < -0.4 is 0 Å². The first-order valence-corrected chi connectivity index (χ1v) is 3.04. The van der Waals surface area contributed by atoms with E-state index in [1.54, 1.807) is 6.92 Å². The molecule has 1 heterocycles. The Balaban J connectivity index is 0. The van der Waals surface area contributed by atoms with Crippen LogP contribution in [0, 0.1) is 19.4 Å². The van der Waals surface area contributed by atoms with E-state index in [9.17, 15) is 0 Å². The summed E-state index contributed by atoms with van der Waals surface area (Å²) >= 11 is 1.25. The molecule has 0 saturated carbocycles. The van der Waals surface area contributed by atoms with E-state index < -0.39 is 0 Å². The van der Waals surface area contributed by atoms with Gasteiger partial charge in [0.25, 0.3) is 0 Å². The van der Waals surface area contributed by atoms with E-state index in [1.165, 1.54) is 11.5 Å². The average molecular weight is 314 g/mol. The molecule has 2 nitrogen and oxygen atoms in total. The predicted octanol–water partition coefficient (Wildman–Crippen LogP) is 1.48. The first-order valence-electron chi connectivity index (χ1n) is 2.26. The normalized spacial score (nSPS) is 6.56. The van der Waals surface area contributed by atoms with E-state index in [0.717, 1.165) is 5.82 Å². The zero-order valence-electron chi connectivity index (χ0n) is 5.39. The van der Waals surface area contributed by atoms with Crippen LogP contribution in [0.1, 0.15) is 12.7 Å². The maximum Gasteiger partial charge on any atom is 0 e. The number of hydrogen-bond acceptors (Lipinski definition) is 3. The van der Waals surface area contributed by atoms with Crippen LogP contribution in [0.5, 0.6) is 0 Å². The maximum absolute atomic E-state index is 3.79. The monoisotopic (exact) mass is 315 g/mol. The zero-order chi connectivity index (χ0) is 6.41. The Labute approximate surface area is 73.5 Å². The molecule has 0 aliphatic heterocycles. The Morgan fingerprint density at radius 3 is 2.22 bits per heavy atom. The molecule has 53 valence electrons. The van der Waals surface area contributed by atoms with Crippen LogP contribution in [0.3, 0.4) is 0 Å². The molecule has 0 aromatic carbocycles. The molecule has 1 aromatic rings. The van der Waals surface area contributed by atoms with Crippen molar-refractivity contribution in [2.75, 3.05) is 0 Å². The number of hydrogen-bond donors (Lipinski definition) is 0. The summed E-state index contributed by atoms with van der Waals surface area (Å²) in [6, 6.07) is 0. The molecule has 0 saturated heterocycles. The standard InChI is InChI=1S/C3H3N2S.C2H5.Re/c1-3-4-2-6-5-3;1-2;/h1H3;1H2,2H3;/q2*-1;. The summed E-state index contributed by atoms with van der Waals surface area (Å²) in [5.74, 6) is 0.806. The topological polar surface area (TPSA) is 25.8 Å². The quantitative estimate of drug-likeness (QED) is 0.678. The van der Waals surface area contributed by atoms with Crippen molar-refractivity contribution in [3.63, 3.8) is 0 Å². The van der Waals surface area contributed by atoms with Crippen LogP contribution >= 0.6 is 11.5 Å². The number of aromatic nitrogens is 2. The SMILES string of the molecule is Cc1n[c-]sn1.[CH2-]C.[Re]. The molecule has 0 N–H and O–H groups in total. The minimum atomic E-state index is 0. The van der Waals surface area contributed by atoms with Gasteiger partial charge >= 0.3 is 0 Å². The summed E-state index contributed by atoms with van der Waals surface area (Å²) < 4.78 is 3.79. The average Bonchev–Trinajstić information content (AvgIpc) is 2.24. The van der Waals surface area contributed by atoms with E-state index in [0.29, 0.717) is 0 Å². The molecule has 0 fully saturated rings. The Bertz CT molecular complexity index is 119. The molecular formula is C5H8N2ReS-2. The molecular weight excluding hydrogens is 306 g/mol. The molecule has 0 atom stereocenters. The van der Waals surface area contributed by atoms with Crippen molar-refractivity contribution in [1.29, 1.82) is 0 Å². The molecule has 0 bridgehead atoms. The van der Waals surface area contributed by atoms with Crippen molar-refractivity contribution >= 4 is 11.5 Å². The van der Waals surface area contributed by atoms with Crippen LogP contribution in [0.25, 0.3) is 0 Å². The van der Waals surface area contributed by atoms with Gasteiger partial charge in [-0.15, -0.1) is 0 Å². The Hall–Kier alpha value is 0.222. The van der Waals surface area contributed by atoms with E-state index in [2.05, 4.69) is 21.8 Å². The summed E-state index contributed by atoms with van der Waals surface area (Å²) in [6.07, 6.45) is 0. The Morgan fingerprint density at radius 2 is 2.11 bits per heavy atom. The predicted molar refractivity (Wildman–Crippen MR) is 34.5 cm³/mol. The molecule has 0 unspecified atom stereocenters. The van der Waals surface area contributed by atoms with Gasteiger partial charge in [0, 0.05) is 20.4 Å². The van der Waals surface area contributed by atoms with E-state index in [-0.39, 0.29) is 20.4 Å². The molecule has 9 heavy (non-hydrogen) atoms. The van der Waals surface area contributed by atoms with Gasteiger partial charge in [0.05, 0.1) is 0 Å². The fourth-order valence-electron chi connectivity index (χ4n) is 0.193. The molecule has 1 rings (SSSR count). The molecule has 0 aliphatic carbocycles. The zero-order valence-corrected chi connectivity index (χ0v) is 8.92. The summed E-state index contributed by atoms with van der Waals surface area (Å²) in [5.41, 5.74) is 2.61. The third-order valence-electron chi connectivity index (χ3n) is 0.426. The van der Waals surface area contributed by atoms with E-state index in [1.807, 2.05) is 6.92 Å². The fourth-order valence-corrected chi connectivity index (χ4v) is 0.580. The third-order valence-corrected chi connectivity index (χ3v) is 0.954. The maximum atomic E-state index is 3.79. The molecule has 0 spiro atoms. The summed E-state index contributed by atoms with van der Waals surface area (Å²) in [4.78, 5) is 3.70. The largest absolute Gasteiger partial charge is 0.426 e. The van der Waals surface area contributed by atoms with Crippen molar-refractivity contribution in [1.82, 2.24) is 9.36 Å². The van der Waals surface area contributed by atoms with Crippen LogP contribution in [0.2, 0.25) is 0 Å². The summed E-state index contributed by atoms with van der Waals surface area (Å²) in [7, 11) is 0. The van der Waals surface area contributed by atoms with Gasteiger partial charge in [-0.3, -0.25) is 4.37 Å².